The molecule has 0 spiro atoms. The summed E-state index contributed by atoms with van der Waals surface area (Å²) in [6, 6.07) is 1.78. The van der Waals surface area contributed by atoms with Crippen LogP contribution in [0.4, 0.5) is 13.2 Å². The molecule has 0 heterocycles. The van der Waals surface area contributed by atoms with Gasteiger partial charge in [-0.1, -0.05) is 0 Å². The van der Waals surface area contributed by atoms with Crippen LogP contribution < -0.4 is 0 Å². The fourth-order valence-corrected chi connectivity index (χ4v) is 1.54. The van der Waals surface area contributed by atoms with Crippen LogP contribution in [-0.2, 0) is 4.79 Å². The van der Waals surface area contributed by atoms with E-state index < -0.39 is 23.4 Å². The second kappa shape index (κ2) is 3.12. The lowest BCUT2D eigenvalue weighted by Crippen LogP contribution is -2.23. The van der Waals surface area contributed by atoms with Gasteiger partial charge in [-0.2, -0.15) is 0 Å². The van der Waals surface area contributed by atoms with Crippen molar-refractivity contribution in [3.8, 4) is 0 Å². The fourth-order valence-electron chi connectivity index (χ4n) is 1.54. The minimum Gasteiger partial charge on any atom is -0.299 e. The first-order chi connectivity index (χ1) is 6.59. The maximum atomic E-state index is 12.8. The highest BCUT2D eigenvalue weighted by Gasteiger charge is 2.30. The van der Waals surface area contributed by atoms with Crippen LogP contribution in [0.5, 0.6) is 0 Å². The summed E-state index contributed by atoms with van der Waals surface area (Å²) < 4.78 is 38.1. The van der Waals surface area contributed by atoms with Crippen LogP contribution in [0, 0.1) is 17.5 Å². The van der Waals surface area contributed by atoms with Crippen LogP contribution >= 0.6 is 0 Å². The Morgan fingerprint density at radius 1 is 1.14 bits per heavy atom. The zero-order chi connectivity index (χ0) is 10.3. The van der Waals surface area contributed by atoms with Crippen molar-refractivity contribution >= 4 is 5.78 Å². The Morgan fingerprint density at radius 3 is 2.07 bits per heavy atom. The number of benzene rings is 1. The highest BCUT2D eigenvalue weighted by atomic mass is 19.2. The molecule has 1 aliphatic rings. The number of halogens is 3. The van der Waals surface area contributed by atoms with E-state index in [1.165, 1.54) is 0 Å². The first kappa shape index (κ1) is 9.24. The molecule has 1 nitrogen and oxygen atoms in total. The molecule has 0 radical (unpaired) electrons. The molecule has 0 bridgehead atoms. The lowest BCUT2D eigenvalue weighted by atomic mass is 9.78. The molecule has 1 atom stereocenters. The first-order valence-corrected chi connectivity index (χ1v) is 4.26. The summed E-state index contributed by atoms with van der Waals surface area (Å²) in [5.74, 6) is -4.45. The fraction of sp³-hybridized carbons (Fsp3) is 0.300. The molecule has 74 valence electrons. The quantitative estimate of drug-likeness (QED) is 0.636. The van der Waals surface area contributed by atoms with Crippen molar-refractivity contribution in [3.05, 3.63) is 35.1 Å². The minimum absolute atomic E-state index is 0.0459. The summed E-state index contributed by atoms with van der Waals surface area (Å²) in [7, 11) is 0. The Bertz CT molecular complexity index is 377. The van der Waals surface area contributed by atoms with Crippen molar-refractivity contribution in [2.24, 2.45) is 0 Å². The van der Waals surface area contributed by atoms with Crippen molar-refractivity contribution in [2.75, 3.05) is 0 Å². The Hall–Kier alpha value is -1.32. The summed E-state index contributed by atoms with van der Waals surface area (Å²) in [5, 5.41) is 0. The lowest BCUT2D eigenvalue weighted by molar-refractivity contribution is -0.125. The summed E-state index contributed by atoms with van der Waals surface area (Å²) in [4.78, 5) is 11.0. The molecule has 0 amide bonds. The van der Waals surface area contributed by atoms with E-state index in [2.05, 4.69) is 0 Å². The third-order valence-electron chi connectivity index (χ3n) is 2.48. The largest absolute Gasteiger partial charge is 0.299 e. The van der Waals surface area contributed by atoms with Gasteiger partial charge in [0.2, 0.25) is 0 Å². The lowest BCUT2D eigenvalue weighted by Gasteiger charge is -2.24. The summed E-state index contributed by atoms with van der Waals surface area (Å²) in [6.07, 6.45) is 1.02. The zero-order valence-corrected chi connectivity index (χ0v) is 7.19. The topological polar surface area (TPSA) is 17.1 Å². The molecular formula is C10H7F3O. The molecule has 1 saturated carbocycles. The van der Waals surface area contributed by atoms with Gasteiger partial charge in [0.15, 0.2) is 17.5 Å². The van der Waals surface area contributed by atoms with Crippen molar-refractivity contribution in [1.82, 2.24) is 0 Å². The average molecular weight is 200 g/mol. The van der Waals surface area contributed by atoms with Crippen LogP contribution in [0.2, 0.25) is 0 Å². The number of hydrogen-bond donors (Lipinski definition) is 0. The SMILES string of the molecule is O=C1CCC1c1cc(F)c(F)c(F)c1. The molecule has 1 aliphatic carbocycles. The van der Waals surface area contributed by atoms with Gasteiger partial charge in [0.1, 0.15) is 5.78 Å². The van der Waals surface area contributed by atoms with E-state index >= 15 is 0 Å². The maximum absolute atomic E-state index is 12.8. The van der Waals surface area contributed by atoms with E-state index in [-0.39, 0.29) is 11.3 Å². The van der Waals surface area contributed by atoms with Gasteiger partial charge in [0.25, 0.3) is 0 Å². The van der Waals surface area contributed by atoms with Crippen molar-refractivity contribution < 1.29 is 18.0 Å². The number of carbonyl (C=O) groups is 1. The van der Waals surface area contributed by atoms with Crippen molar-refractivity contribution in [2.45, 2.75) is 18.8 Å². The molecule has 0 N–H and O–H groups in total. The number of hydrogen-bond acceptors (Lipinski definition) is 1. The van der Waals surface area contributed by atoms with Crippen LogP contribution in [0.3, 0.4) is 0 Å². The van der Waals surface area contributed by atoms with Gasteiger partial charge in [0.05, 0.1) is 0 Å². The normalized spacial score (nSPS) is 20.8. The van der Waals surface area contributed by atoms with E-state index in [4.69, 9.17) is 0 Å². The molecule has 1 aromatic carbocycles. The molecule has 0 saturated heterocycles. The van der Waals surface area contributed by atoms with Gasteiger partial charge in [-0.3, -0.25) is 4.79 Å². The molecular weight excluding hydrogens is 193 g/mol. The maximum Gasteiger partial charge on any atom is 0.194 e. The van der Waals surface area contributed by atoms with Gasteiger partial charge in [-0.05, 0) is 24.1 Å². The van der Waals surface area contributed by atoms with Crippen LogP contribution in [0.1, 0.15) is 24.3 Å². The number of Topliss-reactive ketones (excluding diaryl/α,β-unsaturated/α-hetero) is 1. The van der Waals surface area contributed by atoms with E-state index in [0.717, 1.165) is 12.1 Å². The van der Waals surface area contributed by atoms with E-state index in [1.54, 1.807) is 0 Å². The van der Waals surface area contributed by atoms with Gasteiger partial charge in [0, 0.05) is 12.3 Å². The predicted octanol–water partition coefficient (Wildman–Crippen LogP) is 2.55. The van der Waals surface area contributed by atoms with E-state index in [9.17, 15) is 18.0 Å². The Kier molecular flexibility index (Phi) is 2.06. The highest BCUT2D eigenvalue weighted by molar-refractivity contribution is 5.91. The first-order valence-electron chi connectivity index (χ1n) is 4.26. The number of ketones is 1. The number of carbonyl (C=O) groups excluding carboxylic acids is 1. The Labute approximate surface area is 78.5 Å². The zero-order valence-electron chi connectivity index (χ0n) is 7.19. The van der Waals surface area contributed by atoms with E-state index in [0.29, 0.717) is 12.8 Å². The molecule has 2 rings (SSSR count). The van der Waals surface area contributed by atoms with Crippen molar-refractivity contribution in [3.63, 3.8) is 0 Å². The van der Waals surface area contributed by atoms with E-state index in [1.807, 2.05) is 0 Å². The molecule has 0 aromatic heterocycles. The average Bonchev–Trinajstić information content (AvgIpc) is 2.11. The summed E-state index contributed by atoms with van der Waals surface area (Å²) >= 11 is 0. The summed E-state index contributed by atoms with van der Waals surface area (Å²) in [6.45, 7) is 0. The smallest absolute Gasteiger partial charge is 0.194 e. The van der Waals surface area contributed by atoms with Gasteiger partial charge >= 0.3 is 0 Å². The van der Waals surface area contributed by atoms with Gasteiger partial charge in [-0.25, -0.2) is 13.2 Å². The molecule has 1 aromatic rings. The van der Waals surface area contributed by atoms with Gasteiger partial charge in [-0.15, -0.1) is 0 Å². The Balaban J connectivity index is 2.40. The molecule has 4 heteroatoms. The standard InChI is InChI=1S/C10H7F3O/c11-7-3-5(4-8(12)10(7)13)6-1-2-9(6)14/h3-4,6H,1-2H2. The predicted molar refractivity (Wildman–Crippen MR) is 43.3 cm³/mol. The van der Waals surface area contributed by atoms with Crippen molar-refractivity contribution in [1.29, 1.82) is 0 Å². The molecule has 0 aliphatic heterocycles. The van der Waals surface area contributed by atoms with Crippen LogP contribution in [-0.4, -0.2) is 5.78 Å². The van der Waals surface area contributed by atoms with Crippen LogP contribution in [0.15, 0.2) is 12.1 Å². The second-order valence-corrected chi connectivity index (χ2v) is 3.36. The third kappa shape index (κ3) is 1.31. The highest BCUT2D eigenvalue weighted by Crippen LogP contribution is 2.34. The minimum atomic E-state index is -1.49. The van der Waals surface area contributed by atoms with Crippen LogP contribution in [0.25, 0.3) is 0 Å². The molecule has 1 unspecified atom stereocenters. The monoisotopic (exact) mass is 200 g/mol. The summed E-state index contributed by atoms with van der Waals surface area (Å²) in [5.41, 5.74) is 0.234. The second-order valence-electron chi connectivity index (χ2n) is 3.36. The molecule has 14 heavy (non-hydrogen) atoms. The third-order valence-corrected chi connectivity index (χ3v) is 2.48. The number of rotatable bonds is 1. The van der Waals surface area contributed by atoms with Gasteiger partial charge < -0.3 is 0 Å². The molecule has 1 fully saturated rings. The Morgan fingerprint density at radius 2 is 1.71 bits per heavy atom.